The Balaban J connectivity index is 1.90. The van der Waals surface area contributed by atoms with Crippen LogP contribution in [0.4, 0.5) is 5.69 Å². The highest BCUT2D eigenvalue weighted by Crippen LogP contribution is 2.28. The molecule has 1 unspecified atom stereocenters. The van der Waals surface area contributed by atoms with Crippen molar-refractivity contribution in [1.82, 2.24) is 9.55 Å². The molecule has 1 atom stereocenters. The molecule has 28 heavy (non-hydrogen) atoms. The van der Waals surface area contributed by atoms with Gasteiger partial charge in [0.15, 0.2) is 5.16 Å². The van der Waals surface area contributed by atoms with Gasteiger partial charge in [0.2, 0.25) is 5.91 Å². The van der Waals surface area contributed by atoms with Crippen molar-refractivity contribution in [1.29, 1.82) is 0 Å². The first-order valence-electron chi connectivity index (χ1n) is 9.19. The summed E-state index contributed by atoms with van der Waals surface area (Å²) >= 11 is 1.31. The molecule has 0 bridgehead atoms. The van der Waals surface area contributed by atoms with E-state index in [0.717, 1.165) is 0 Å². The summed E-state index contributed by atoms with van der Waals surface area (Å²) in [7, 11) is 1.57. The number of aromatic nitrogens is 2. The van der Waals surface area contributed by atoms with E-state index in [0.29, 0.717) is 40.5 Å². The molecule has 1 amide bonds. The fourth-order valence-electron chi connectivity index (χ4n) is 2.93. The lowest BCUT2D eigenvalue weighted by Crippen LogP contribution is -2.28. The number of ether oxygens (including phenoxy) is 1. The fraction of sp³-hybridized carbons (Fsp3) is 0.286. The summed E-state index contributed by atoms with van der Waals surface area (Å²) in [5.41, 5.74) is 1.17. The Labute approximate surface area is 167 Å². The Kier molecular flexibility index (Phi) is 6.36. The predicted octanol–water partition coefficient (Wildman–Crippen LogP) is 3.93. The maximum Gasteiger partial charge on any atom is 0.262 e. The number of hydrogen-bond acceptors (Lipinski definition) is 5. The van der Waals surface area contributed by atoms with Crippen LogP contribution in [0, 0.1) is 0 Å². The SMILES string of the molecule is CCC(Sc1nc2ccccc2c(=O)n1CC)C(=O)Nc1ccccc1OC. The number of para-hydroxylation sites is 3. The van der Waals surface area contributed by atoms with Gasteiger partial charge in [-0.25, -0.2) is 4.98 Å². The first-order valence-corrected chi connectivity index (χ1v) is 10.1. The highest BCUT2D eigenvalue weighted by molar-refractivity contribution is 8.00. The van der Waals surface area contributed by atoms with Gasteiger partial charge in [-0.1, -0.05) is 43.0 Å². The van der Waals surface area contributed by atoms with Gasteiger partial charge in [0.05, 0.1) is 29.0 Å². The number of hydrogen-bond donors (Lipinski definition) is 1. The summed E-state index contributed by atoms with van der Waals surface area (Å²) in [5, 5.41) is 3.66. The van der Waals surface area contributed by atoms with Crippen LogP contribution in [0.3, 0.4) is 0 Å². The first kappa shape index (κ1) is 19.9. The van der Waals surface area contributed by atoms with Crippen LogP contribution in [-0.2, 0) is 11.3 Å². The first-order chi connectivity index (χ1) is 13.6. The van der Waals surface area contributed by atoms with Crippen molar-refractivity contribution < 1.29 is 9.53 Å². The summed E-state index contributed by atoms with van der Waals surface area (Å²) in [6.07, 6.45) is 0.595. The maximum atomic E-state index is 12.9. The Hall–Kier alpha value is -2.80. The van der Waals surface area contributed by atoms with Crippen molar-refractivity contribution in [3.8, 4) is 5.75 Å². The largest absolute Gasteiger partial charge is 0.495 e. The van der Waals surface area contributed by atoms with Crippen molar-refractivity contribution in [2.75, 3.05) is 12.4 Å². The zero-order valence-corrected chi connectivity index (χ0v) is 17.0. The van der Waals surface area contributed by atoms with E-state index in [-0.39, 0.29) is 11.5 Å². The van der Waals surface area contributed by atoms with Crippen molar-refractivity contribution in [3.63, 3.8) is 0 Å². The second-order valence-electron chi connectivity index (χ2n) is 6.17. The van der Waals surface area contributed by atoms with E-state index in [1.54, 1.807) is 29.9 Å². The van der Waals surface area contributed by atoms with Crippen molar-refractivity contribution in [2.45, 2.75) is 37.2 Å². The third kappa shape index (κ3) is 4.04. The van der Waals surface area contributed by atoms with Gasteiger partial charge in [0.1, 0.15) is 5.75 Å². The third-order valence-electron chi connectivity index (χ3n) is 4.42. The fourth-order valence-corrected chi connectivity index (χ4v) is 4.00. The van der Waals surface area contributed by atoms with Gasteiger partial charge in [-0.2, -0.15) is 0 Å². The van der Waals surface area contributed by atoms with Crippen LogP contribution in [-0.4, -0.2) is 27.8 Å². The lowest BCUT2D eigenvalue weighted by atomic mass is 10.2. The molecule has 0 aliphatic carbocycles. The molecule has 146 valence electrons. The van der Waals surface area contributed by atoms with Gasteiger partial charge in [0, 0.05) is 6.54 Å². The Bertz CT molecular complexity index is 1050. The summed E-state index contributed by atoms with van der Waals surface area (Å²) < 4.78 is 6.92. The van der Waals surface area contributed by atoms with E-state index >= 15 is 0 Å². The minimum atomic E-state index is -0.393. The van der Waals surface area contributed by atoms with E-state index in [1.807, 2.05) is 44.2 Å². The Morgan fingerprint density at radius 3 is 2.61 bits per heavy atom. The quantitative estimate of drug-likeness (QED) is 0.483. The van der Waals surface area contributed by atoms with Crippen LogP contribution in [0.5, 0.6) is 5.75 Å². The molecule has 0 saturated carbocycles. The van der Waals surface area contributed by atoms with Crippen LogP contribution < -0.4 is 15.6 Å². The maximum absolute atomic E-state index is 12.9. The number of amides is 1. The van der Waals surface area contributed by atoms with Crippen molar-refractivity contribution in [3.05, 3.63) is 58.9 Å². The number of nitrogens with zero attached hydrogens (tertiary/aromatic N) is 2. The summed E-state index contributed by atoms with van der Waals surface area (Å²) in [6.45, 7) is 4.33. The molecule has 3 rings (SSSR count). The van der Waals surface area contributed by atoms with E-state index in [4.69, 9.17) is 4.74 Å². The Morgan fingerprint density at radius 2 is 1.89 bits per heavy atom. The number of anilines is 1. The van der Waals surface area contributed by atoms with Gasteiger partial charge in [-0.3, -0.25) is 14.2 Å². The molecule has 7 heteroatoms. The number of rotatable bonds is 7. The molecular weight excluding hydrogens is 374 g/mol. The molecule has 6 nitrogen and oxygen atoms in total. The van der Waals surface area contributed by atoms with Crippen LogP contribution >= 0.6 is 11.8 Å². The molecule has 1 N–H and O–H groups in total. The third-order valence-corrected chi connectivity index (χ3v) is 5.77. The normalized spacial score (nSPS) is 12.0. The number of carbonyl (C=O) groups excluding carboxylic acids is 1. The molecule has 0 radical (unpaired) electrons. The number of fused-ring (bicyclic) bond motifs is 1. The summed E-state index contributed by atoms with van der Waals surface area (Å²) in [4.78, 5) is 30.3. The summed E-state index contributed by atoms with van der Waals surface area (Å²) in [5.74, 6) is 0.451. The van der Waals surface area contributed by atoms with Gasteiger partial charge >= 0.3 is 0 Å². The molecule has 2 aromatic carbocycles. The Morgan fingerprint density at radius 1 is 1.18 bits per heavy atom. The van der Waals surface area contributed by atoms with Gasteiger partial charge in [-0.05, 0) is 37.6 Å². The van der Waals surface area contributed by atoms with Crippen LogP contribution in [0.15, 0.2) is 58.5 Å². The number of methoxy groups -OCH3 is 1. The minimum absolute atomic E-state index is 0.0874. The van der Waals surface area contributed by atoms with Crippen LogP contribution in [0.1, 0.15) is 20.3 Å². The molecule has 0 aliphatic rings. The van der Waals surface area contributed by atoms with E-state index < -0.39 is 5.25 Å². The molecule has 0 spiro atoms. The number of benzene rings is 2. The second kappa shape index (κ2) is 8.93. The van der Waals surface area contributed by atoms with E-state index in [9.17, 15) is 9.59 Å². The molecule has 0 aliphatic heterocycles. The topological polar surface area (TPSA) is 73.2 Å². The zero-order chi connectivity index (χ0) is 20.1. The van der Waals surface area contributed by atoms with E-state index in [1.165, 1.54) is 11.8 Å². The molecule has 3 aromatic rings. The minimum Gasteiger partial charge on any atom is -0.495 e. The molecular formula is C21H23N3O3S. The second-order valence-corrected chi connectivity index (χ2v) is 7.34. The average molecular weight is 398 g/mol. The lowest BCUT2D eigenvalue weighted by Gasteiger charge is -2.18. The zero-order valence-electron chi connectivity index (χ0n) is 16.1. The lowest BCUT2D eigenvalue weighted by molar-refractivity contribution is -0.115. The van der Waals surface area contributed by atoms with Gasteiger partial charge < -0.3 is 10.1 Å². The summed E-state index contributed by atoms with van der Waals surface area (Å²) in [6, 6.07) is 14.5. The smallest absolute Gasteiger partial charge is 0.262 e. The number of nitrogens with one attached hydrogen (secondary N) is 1. The predicted molar refractivity (Wildman–Crippen MR) is 113 cm³/mol. The highest BCUT2D eigenvalue weighted by atomic mass is 32.2. The van der Waals surface area contributed by atoms with E-state index in [2.05, 4.69) is 10.3 Å². The van der Waals surface area contributed by atoms with Gasteiger partial charge in [-0.15, -0.1) is 0 Å². The molecule has 0 fully saturated rings. The molecule has 0 saturated heterocycles. The number of thioether (sulfide) groups is 1. The van der Waals surface area contributed by atoms with Crippen LogP contribution in [0.25, 0.3) is 10.9 Å². The number of carbonyl (C=O) groups is 1. The van der Waals surface area contributed by atoms with Gasteiger partial charge in [0.25, 0.3) is 5.56 Å². The monoisotopic (exact) mass is 397 g/mol. The molecule has 1 heterocycles. The standard InChI is InChI=1S/C21H23N3O3S/c1-4-18(19(25)22-16-12-8-9-13-17(16)27-3)28-21-23-15-11-7-6-10-14(15)20(26)24(21)5-2/h6-13,18H,4-5H2,1-3H3,(H,22,25). The van der Waals surface area contributed by atoms with Crippen LogP contribution in [0.2, 0.25) is 0 Å². The van der Waals surface area contributed by atoms with Crippen molar-refractivity contribution >= 4 is 34.3 Å². The highest BCUT2D eigenvalue weighted by Gasteiger charge is 2.22. The average Bonchev–Trinajstić information content (AvgIpc) is 2.72. The molecule has 1 aromatic heterocycles. The van der Waals surface area contributed by atoms with Crippen molar-refractivity contribution in [2.24, 2.45) is 0 Å².